The molecule has 2 rings (SSSR count). The molecule has 1 atom stereocenters. The molecule has 1 aliphatic heterocycles. The van der Waals surface area contributed by atoms with Crippen molar-refractivity contribution in [1.29, 1.82) is 0 Å². The van der Waals surface area contributed by atoms with Crippen molar-refractivity contribution >= 4 is 17.4 Å². The Morgan fingerprint density at radius 3 is 2.68 bits per heavy atom. The van der Waals surface area contributed by atoms with Crippen LogP contribution >= 0.6 is 11.3 Å². The van der Waals surface area contributed by atoms with Crippen LogP contribution in [0.1, 0.15) is 41.1 Å². The third-order valence-corrected chi connectivity index (χ3v) is 5.17. The molecule has 0 saturated carbocycles. The highest BCUT2D eigenvalue weighted by Crippen LogP contribution is 2.26. The van der Waals surface area contributed by atoms with Crippen molar-refractivity contribution in [2.24, 2.45) is 0 Å². The van der Waals surface area contributed by atoms with Gasteiger partial charge in [-0.1, -0.05) is 0 Å². The van der Waals surface area contributed by atoms with Crippen molar-refractivity contribution in [2.75, 3.05) is 26.8 Å². The summed E-state index contributed by atoms with van der Waals surface area (Å²) in [7, 11) is 1.72. The Bertz CT molecular complexity index is 523. The topological polar surface area (TPSA) is 61.8 Å². The van der Waals surface area contributed by atoms with Gasteiger partial charge in [0.2, 0.25) is 0 Å². The number of aryl methyl sites for hydroxylation is 2. The van der Waals surface area contributed by atoms with Gasteiger partial charge in [-0.3, -0.25) is 0 Å². The molecular formula is C16H26N2O3S. The van der Waals surface area contributed by atoms with E-state index in [-0.39, 0.29) is 12.1 Å². The first-order valence-electron chi connectivity index (χ1n) is 7.69. The molecule has 0 bridgehead atoms. The van der Waals surface area contributed by atoms with E-state index >= 15 is 0 Å². The first-order chi connectivity index (χ1) is 10.3. The number of likely N-dealkylation sites (N-methyl/N-ethyl adjacent to an activating group) is 1. The Labute approximate surface area is 136 Å². The third-order valence-electron chi connectivity index (χ3n) is 4.19. The Hall–Kier alpha value is -1.11. The summed E-state index contributed by atoms with van der Waals surface area (Å²) in [5.41, 5.74) is 0.330. The molecule has 0 unspecified atom stereocenters. The van der Waals surface area contributed by atoms with Crippen LogP contribution in [0, 0.1) is 13.8 Å². The minimum absolute atomic E-state index is 0.0377. The number of carbonyl (C=O) groups excluding carboxylic acids is 1. The summed E-state index contributed by atoms with van der Waals surface area (Å²) < 4.78 is 5.27. The zero-order valence-corrected chi connectivity index (χ0v) is 14.6. The van der Waals surface area contributed by atoms with Gasteiger partial charge in [0.15, 0.2) is 0 Å². The monoisotopic (exact) mass is 326 g/mol. The van der Waals surface area contributed by atoms with Gasteiger partial charge in [-0.15, -0.1) is 11.3 Å². The maximum atomic E-state index is 12.3. The van der Waals surface area contributed by atoms with Crippen molar-refractivity contribution < 1.29 is 14.6 Å². The molecule has 1 aromatic rings. The van der Waals surface area contributed by atoms with E-state index in [0.29, 0.717) is 32.6 Å². The number of nitrogens with zero attached hydrogens (tertiary/aromatic N) is 1. The van der Waals surface area contributed by atoms with E-state index in [1.807, 2.05) is 6.92 Å². The molecule has 0 aliphatic carbocycles. The number of hydrogen-bond donors (Lipinski definition) is 2. The predicted octanol–water partition coefficient (Wildman–Crippen LogP) is 2.61. The van der Waals surface area contributed by atoms with Gasteiger partial charge in [-0.25, -0.2) is 4.79 Å². The van der Waals surface area contributed by atoms with E-state index < -0.39 is 5.60 Å². The maximum Gasteiger partial charge on any atom is 0.317 e. The van der Waals surface area contributed by atoms with E-state index in [9.17, 15) is 9.90 Å². The molecule has 1 aliphatic rings. The first kappa shape index (κ1) is 17.2. The van der Waals surface area contributed by atoms with Gasteiger partial charge < -0.3 is 20.1 Å². The summed E-state index contributed by atoms with van der Waals surface area (Å²) >= 11 is 1.74. The Kier molecular flexibility index (Phi) is 5.47. The van der Waals surface area contributed by atoms with E-state index in [0.717, 1.165) is 5.56 Å². The lowest BCUT2D eigenvalue weighted by Crippen LogP contribution is -2.50. The SMILES string of the molecule is Cc1cc([C@H](C)NC(=O)N(C)CC2(O)CCOCC2)c(C)s1. The van der Waals surface area contributed by atoms with Gasteiger partial charge in [0.25, 0.3) is 0 Å². The van der Waals surface area contributed by atoms with Crippen LogP contribution in [0.2, 0.25) is 0 Å². The molecule has 0 radical (unpaired) electrons. The maximum absolute atomic E-state index is 12.3. The molecule has 124 valence electrons. The summed E-state index contributed by atoms with van der Waals surface area (Å²) in [6.07, 6.45) is 1.14. The van der Waals surface area contributed by atoms with Crippen molar-refractivity contribution in [3.63, 3.8) is 0 Å². The standard InChI is InChI=1S/C16H26N2O3S/c1-11-9-14(13(3)22-11)12(2)17-15(19)18(4)10-16(20)5-7-21-8-6-16/h9,12,20H,5-8,10H2,1-4H3,(H,17,19)/t12-/m0/s1. The number of ether oxygens (including phenoxy) is 1. The number of amides is 2. The second kappa shape index (κ2) is 6.98. The Morgan fingerprint density at radius 2 is 2.14 bits per heavy atom. The fourth-order valence-electron chi connectivity index (χ4n) is 2.88. The zero-order chi connectivity index (χ0) is 16.3. The molecule has 2 amide bonds. The van der Waals surface area contributed by atoms with Crippen LogP contribution in [0.3, 0.4) is 0 Å². The van der Waals surface area contributed by atoms with Crippen LogP contribution in [0.15, 0.2) is 6.07 Å². The van der Waals surface area contributed by atoms with Crippen LogP contribution in [-0.2, 0) is 4.74 Å². The number of aliphatic hydroxyl groups is 1. The van der Waals surface area contributed by atoms with Crippen molar-refractivity contribution in [3.8, 4) is 0 Å². The molecule has 0 aromatic carbocycles. The van der Waals surface area contributed by atoms with Gasteiger partial charge in [0.1, 0.15) is 0 Å². The van der Waals surface area contributed by atoms with Crippen LogP contribution in [0.4, 0.5) is 4.79 Å². The average molecular weight is 326 g/mol. The number of urea groups is 1. The predicted molar refractivity (Wildman–Crippen MR) is 88.4 cm³/mol. The second-order valence-electron chi connectivity index (χ2n) is 6.23. The molecule has 0 spiro atoms. The minimum atomic E-state index is -0.831. The summed E-state index contributed by atoms with van der Waals surface area (Å²) in [6, 6.07) is 1.93. The molecule has 1 fully saturated rings. The fraction of sp³-hybridized carbons (Fsp3) is 0.688. The molecule has 2 heterocycles. The van der Waals surface area contributed by atoms with Crippen LogP contribution in [0.25, 0.3) is 0 Å². The molecule has 1 saturated heterocycles. The van der Waals surface area contributed by atoms with E-state index in [1.165, 1.54) is 9.75 Å². The quantitative estimate of drug-likeness (QED) is 0.894. The number of thiophene rings is 1. The van der Waals surface area contributed by atoms with Gasteiger partial charge in [0, 0.05) is 42.9 Å². The normalized spacial score (nSPS) is 18.8. The van der Waals surface area contributed by atoms with E-state index in [4.69, 9.17) is 4.74 Å². The number of carbonyl (C=O) groups is 1. The number of nitrogens with one attached hydrogen (secondary N) is 1. The largest absolute Gasteiger partial charge is 0.388 e. The fourth-order valence-corrected chi connectivity index (χ4v) is 3.90. The van der Waals surface area contributed by atoms with E-state index in [2.05, 4.69) is 25.2 Å². The Morgan fingerprint density at radius 1 is 1.50 bits per heavy atom. The van der Waals surface area contributed by atoms with Gasteiger partial charge in [-0.2, -0.15) is 0 Å². The number of hydrogen-bond acceptors (Lipinski definition) is 4. The lowest BCUT2D eigenvalue weighted by molar-refractivity contribution is -0.0723. The number of rotatable bonds is 4. The summed E-state index contributed by atoms with van der Waals surface area (Å²) in [4.78, 5) is 16.4. The van der Waals surface area contributed by atoms with Crippen molar-refractivity contribution in [1.82, 2.24) is 10.2 Å². The lowest BCUT2D eigenvalue weighted by Gasteiger charge is -2.35. The molecule has 1 aromatic heterocycles. The zero-order valence-electron chi connectivity index (χ0n) is 13.8. The highest BCUT2D eigenvalue weighted by molar-refractivity contribution is 7.12. The van der Waals surface area contributed by atoms with E-state index in [1.54, 1.807) is 23.3 Å². The van der Waals surface area contributed by atoms with Crippen LogP contribution in [0.5, 0.6) is 0 Å². The summed E-state index contributed by atoms with van der Waals surface area (Å²) in [5, 5.41) is 13.5. The first-order valence-corrected chi connectivity index (χ1v) is 8.51. The lowest BCUT2D eigenvalue weighted by atomic mass is 9.94. The Balaban J connectivity index is 1.92. The van der Waals surface area contributed by atoms with Gasteiger partial charge in [0.05, 0.1) is 18.2 Å². The minimum Gasteiger partial charge on any atom is -0.388 e. The average Bonchev–Trinajstić information content (AvgIpc) is 2.78. The van der Waals surface area contributed by atoms with Gasteiger partial charge in [-0.05, 0) is 32.4 Å². The summed E-state index contributed by atoms with van der Waals surface area (Å²) in [5.74, 6) is 0. The second-order valence-corrected chi connectivity index (χ2v) is 7.69. The molecule has 5 nitrogen and oxygen atoms in total. The van der Waals surface area contributed by atoms with Crippen molar-refractivity contribution in [3.05, 3.63) is 21.4 Å². The van der Waals surface area contributed by atoms with Crippen LogP contribution < -0.4 is 5.32 Å². The highest BCUT2D eigenvalue weighted by Gasteiger charge is 2.32. The molecule has 2 N–H and O–H groups in total. The molecule has 22 heavy (non-hydrogen) atoms. The highest BCUT2D eigenvalue weighted by atomic mass is 32.1. The van der Waals surface area contributed by atoms with Crippen LogP contribution in [-0.4, -0.2) is 48.4 Å². The third kappa shape index (κ3) is 4.21. The van der Waals surface area contributed by atoms with Gasteiger partial charge >= 0.3 is 6.03 Å². The summed E-state index contributed by atoms with van der Waals surface area (Å²) in [6.45, 7) is 7.57. The molecular weight excluding hydrogens is 300 g/mol. The smallest absolute Gasteiger partial charge is 0.317 e. The van der Waals surface area contributed by atoms with Crippen molar-refractivity contribution in [2.45, 2.75) is 45.3 Å². The molecule has 6 heteroatoms.